The molecule has 176 valence electrons. The Labute approximate surface area is 205 Å². The summed E-state index contributed by atoms with van der Waals surface area (Å²) in [6.45, 7) is 2.40. The number of benzene rings is 3. The van der Waals surface area contributed by atoms with Crippen LogP contribution in [-0.2, 0) is 19.9 Å². The van der Waals surface area contributed by atoms with Gasteiger partial charge in [0, 0.05) is 11.3 Å². The van der Waals surface area contributed by atoms with E-state index in [0.717, 1.165) is 58.3 Å². The predicted octanol–water partition coefficient (Wildman–Crippen LogP) is 6.67. The number of hydrogen-bond donors (Lipinski definition) is 1. The number of rotatable bonds is 8. The molecule has 0 aromatic heterocycles. The highest BCUT2D eigenvalue weighted by Crippen LogP contribution is 2.49. The maximum Gasteiger partial charge on any atom is 0.412 e. The van der Waals surface area contributed by atoms with Crippen LogP contribution < -0.4 is 5.32 Å². The summed E-state index contributed by atoms with van der Waals surface area (Å²) in [6, 6.07) is 26.1. The fraction of sp³-hybridized carbons (Fsp3) is 0.200. The van der Waals surface area contributed by atoms with E-state index in [-0.39, 0.29) is 6.10 Å². The van der Waals surface area contributed by atoms with Crippen molar-refractivity contribution in [2.24, 2.45) is 0 Å². The van der Waals surface area contributed by atoms with Crippen molar-refractivity contribution in [2.45, 2.75) is 37.9 Å². The van der Waals surface area contributed by atoms with Gasteiger partial charge < -0.3 is 9.47 Å². The molecule has 5 heteroatoms. The summed E-state index contributed by atoms with van der Waals surface area (Å²) < 4.78 is 10.9. The lowest BCUT2D eigenvalue weighted by atomic mass is 9.98. The van der Waals surface area contributed by atoms with Crippen LogP contribution in [0.1, 0.15) is 49.0 Å². The summed E-state index contributed by atoms with van der Waals surface area (Å²) in [6.07, 6.45) is 5.79. The van der Waals surface area contributed by atoms with Gasteiger partial charge in [-0.3, -0.25) is 10.1 Å². The zero-order valence-corrected chi connectivity index (χ0v) is 19.6. The normalized spacial score (nSPS) is 16.5. The average Bonchev–Trinajstić information content (AvgIpc) is 3.54. The van der Waals surface area contributed by atoms with E-state index >= 15 is 0 Å². The molecule has 1 atom stereocenters. The molecule has 1 fully saturated rings. The first-order chi connectivity index (χ1) is 17.1. The van der Waals surface area contributed by atoms with Gasteiger partial charge in [-0.05, 0) is 54.0 Å². The van der Waals surface area contributed by atoms with Crippen molar-refractivity contribution in [3.63, 3.8) is 0 Å². The Kier molecular flexibility index (Phi) is 6.23. The maximum absolute atomic E-state index is 12.5. The quantitative estimate of drug-likeness (QED) is 0.377. The minimum Gasteiger partial charge on any atom is -0.456 e. The summed E-state index contributed by atoms with van der Waals surface area (Å²) >= 11 is 0. The SMILES string of the molecule is C[C@@H](OC(=O)NC1=CCC=C1c1ccc(-c2ccc(C3(OC=O)CC3)cc2)cc1)c1ccccc1. The highest BCUT2D eigenvalue weighted by molar-refractivity contribution is 5.86. The molecule has 1 amide bonds. The first-order valence-corrected chi connectivity index (χ1v) is 11.8. The minimum absolute atomic E-state index is 0.337. The van der Waals surface area contributed by atoms with E-state index in [0.29, 0.717) is 6.47 Å². The van der Waals surface area contributed by atoms with Gasteiger partial charge in [-0.15, -0.1) is 0 Å². The molecule has 5 nitrogen and oxygen atoms in total. The molecular weight excluding hydrogens is 438 g/mol. The number of alkyl carbamates (subject to hydrolysis) is 1. The van der Waals surface area contributed by atoms with Gasteiger partial charge in [0.25, 0.3) is 6.47 Å². The average molecular weight is 466 g/mol. The van der Waals surface area contributed by atoms with E-state index in [2.05, 4.69) is 47.8 Å². The van der Waals surface area contributed by atoms with E-state index in [1.54, 1.807) is 0 Å². The number of hydrogen-bond acceptors (Lipinski definition) is 4. The molecule has 35 heavy (non-hydrogen) atoms. The fourth-order valence-corrected chi connectivity index (χ4v) is 4.49. The molecule has 0 spiro atoms. The van der Waals surface area contributed by atoms with E-state index in [1.165, 1.54) is 0 Å². The van der Waals surface area contributed by atoms with Crippen LogP contribution >= 0.6 is 0 Å². The van der Waals surface area contributed by atoms with Crippen LogP contribution in [0.2, 0.25) is 0 Å². The number of amides is 1. The summed E-state index contributed by atoms with van der Waals surface area (Å²) in [4.78, 5) is 23.3. The van der Waals surface area contributed by atoms with E-state index in [1.807, 2.05) is 55.5 Å². The van der Waals surface area contributed by atoms with Gasteiger partial charge in [0.2, 0.25) is 0 Å². The van der Waals surface area contributed by atoms with Crippen molar-refractivity contribution in [1.29, 1.82) is 0 Å². The van der Waals surface area contributed by atoms with Gasteiger partial charge in [0.15, 0.2) is 0 Å². The second-order valence-corrected chi connectivity index (χ2v) is 8.92. The highest BCUT2D eigenvalue weighted by atomic mass is 16.6. The lowest BCUT2D eigenvalue weighted by molar-refractivity contribution is -0.136. The second kappa shape index (κ2) is 9.63. The Morgan fingerprint density at radius 1 is 0.886 bits per heavy atom. The lowest BCUT2D eigenvalue weighted by Crippen LogP contribution is -2.25. The third kappa shape index (κ3) is 4.90. The zero-order chi connectivity index (χ0) is 24.3. The van der Waals surface area contributed by atoms with E-state index in [4.69, 9.17) is 9.47 Å². The van der Waals surface area contributed by atoms with E-state index in [9.17, 15) is 9.59 Å². The van der Waals surface area contributed by atoms with Gasteiger partial charge >= 0.3 is 6.09 Å². The van der Waals surface area contributed by atoms with E-state index < -0.39 is 11.7 Å². The van der Waals surface area contributed by atoms with Crippen LogP contribution in [0.3, 0.4) is 0 Å². The number of allylic oxidation sites excluding steroid dienone is 3. The topological polar surface area (TPSA) is 64.6 Å². The fourth-order valence-electron chi connectivity index (χ4n) is 4.49. The van der Waals surface area contributed by atoms with Gasteiger partial charge in [-0.2, -0.15) is 0 Å². The first kappa shape index (κ1) is 22.7. The van der Waals surface area contributed by atoms with Crippen LogP contribution in [0, 0.1) is 0 Å². The molecule has 0 aliphatic heterocycles. The van der Waals surface area contributed by atoms with Crippen molar-refractivity contribution in [1.82, 2.24) is 5.32 Å². The Balaban J connectivity index is 1.23. The number of ether oxygens (including phenoxy) is 2. The van der Waals surface area contributed by atoms with Crippen LogP contribution in [0.25, 0.3) is 16.7 Å². The molecule has 1 saturated carbocycles. The summed E-state index contributed by atoms with van der Waals surface area (Å²) in [5.74, 6) is 0. The van der Waals surface area contributed by atoms with Gasteiger partial charge in [-0.25, -0.2) is 4.79 Å². The molecule has 0 saturated heterocycles. The smallest absolute Gasteiger partial charge is 0.412 e. The monoisotopic (exact) mass is 465 g/mol. The minimum atomic E-state index is -0.468. The third-order valence-corrected chi connectivity index (χ3v) is 6.64. The number of carbonyl (C=O) groups is 2. The molecule has 2 aliphatic carbocycles. The molecule has 2 aliphatic rings. The third-order valence-electron chi connectivity index (χ3n) is 6.64. The summed E-state index contributed by atoms with van der Waals surface area (Å²) in [5.41, 5.74) is 6.53. The molecule has 0 radical (unpaired) electrons. The van der Waals surface area contributed by atoms with Gasteiger partial charge in [0.1, 0.15) is 11.7 Å². The second-order valence-electron chi connectivity index (χ2n) is 8.92. The highest BCUT2D eigenvalue weighted by Gasteiger charge is 2.46. The standard InChI is InChI=1S/C30H27NO4/c1-21(22-6-3-2-4-7-22)35-29(33)31-28-9-5-8-27(28)25-12-10-23(11-13-25)24-14-16-26(17-15-24)30(18-19-30)34-20-32/h2-4,6-17,20-21H,5,18-19H2,1H3,(H,31,33)/t21-/m1/s1. The molecule has 3 aromatic rings. The Morgan fingerprint density at radius 3 is 2.14 bits per heavy atom. The van der Waals surface area contributed by atoms with Gasteiger partial charge in [-0.1, -0.05) is 91.0 Å². The van der Waals surface area contributed by atoms with Crippen molar-refractivity contribution >= 4 is 18.1 Å². The Morgan fingerprint density at radius 2 is 1.51 bits per heavy atom. The Bertz CT molecular complexity index is 1270. The summed E-state index contributed by atoms with van der Waals surface area (Å²) in [5, 5.41) is 2.91. The predicted molar refractivity (Wildman–Crippen MR) is 135 cm³/mol. The largest absolute Gasteiger partial charge is 0.456 e. The van der Waals surface area contributed by atoms with Crippen LogP contribution in [0.15, 0.2) is 96.7 Å². The van der Waals surface area contributed by atoms with Crippen molar-refractivity contribution in [3.8, 4) is 11.1 Å². The zero-order valence-electron chi connectivity index (χ0n) is 19.6. The van der Waals surface area contributed by atoms with Crippen LogP contribution in [0.4, 0.5) is 4.79 Å². The number of carbonyl (C=O) groups excluding carboxylic acids is 2. The number of nitrogens with one attached hydrogen (secondary N) is 1. The van der Waals surface area contributed by atoms with Crippen molar-refractivity contribution in [2.75, 3.05) is 0 Å². The van der Waals surface area contributed by atoms with Crippen molar-refractivity contribution in [3.05, 3.63) is 113 Å². The van der Waals surface area contributed by atoms with Gasteiger partial charge in [0.05, 0.1) is 0 Å². The van der Waals surface area contributed by atoms with Crippen LogP contribution in [-0.4, -0.2) is 12.6 Å². The van der Waals surface area contributed by atoms with Crippen molar-refractivity contribution < 1.29 is 19.1 Å². The molecule has 3 aromatic carbocycles. The van der Waals surface area contributed by atoms with Crippen LogP contribution in [0.5, 0.6) is 0 Å². The molecule has 5 rings (SSSR count). The maximum atomic E-state index is 12.5. The molecule has 1 N–H and O–H groups in total. The molecular formula is C30H27NO4. The lowest BCUT2D eigenvalue weighted by Gasteiger charge is -2.16. The first-order valence-electron chi connectivity index (χ1n) is 11.8. The summed E-state index contributed by atoms with van der Waals surface area (Å²) in [7, 11) is 0. The Hall–Kier alpha value is -4.12. The molecule has 0 bridgehead atoms. The molecule has 0 heterocycles. The molecule has 0 unspecified atom stereocenters.